The standard InChI is InChI=1S/C12H22N2O3/c1-4-12(13-5-7-17-8-6-13)11(3)10(2)9-14(15)16/h10H,4-9H2,1-3H3/b12-11-. The van der Waals surface area contributed by atoms with E-state index in [0.717, 1.165) is 38.3 Å². The zero-order valence-electron chi connectivity index (χ0n) is 10.9. The smallest absolute Gasteiger partial charge is 0.210 e. The van der Waals surface area contributed by atoms with Crippen molar-refractivity contribution in [3.63, 3.8) is 0 Å². The lowest BCUT2D eigenvalue weighted by Crippen LogP contribution is -2.36. The molecule has 0 N–H and O–H groups in total. The molecule has 0 amide bonds. The molecule has 5 nitrogen and oxygen atoms in total. The van der Waals surface area contributed by atoms with Gasteiger partial charge in [-0.2, -0.15) is 0 Å². The predicted molar refractivity (Wildman–Crippen MR) is 66.4 cm³/mol. The van der Waals surface area contributed by atoms with Gasteiger partial charge in [0.1, 0.15) is 0 Å². The fourth-order valence-corrected chi connectivity index (χ4v) is 2.23. The zero-order chi connectivity index (χ0) is 12.8. The van der Waals surface area contributed by atoms with Crippen LogP contribution in [0.3, 0.4) is 0 Å². The maximum absolute atomic E-state index is 10.6. The van der Waals surface area contributed by atoms with Crippen LogP contribution in [0, 0.1) is 16.0 Å². The molecule has 0 aliphatic carbocycles. The normalized spacial score (nSPS) is 19.8. The first-order chi connectivity index (χ1) is 8.06. The highest BCUT2D eigenvalue weighted by atomic mass is 16.6. The summed E-state index contributed by atoms with van der Waals surface area (Å²) in [6.07, 6.45) is 0.924. The minimum absolute atomic E-state index is 0.00259. The SMILES string of the molecule is CC/C(=C(\C)C(C)C[N+](=O)[O-])N1CCOCC1. The summed E-state index contributed by atoms with van der Waals surface area (Å²) in [5.74, 6) is 0.00259. The van der Waals surface area contributed by atoms with Gasteiger partial charge in [0.15, 0.2) is 0 Å². The average Bonchev–Trinajstić information content (AvgIpc) is 2.30. The Morgan fingerprint density at radius 3 is 2.53 bits per heavy atom. The Labute approximate surface area is 103 Å². The molecule has 0 bridgehead atoms. The van der Waals surface area contributed by atoms with E-state index in [1.807, 2.05) is 13.8 Å². The number of nitro groups is 1. The lowest BCUT2D eigenvalue weighted by molar-refractivity contribution is -0.485. The largest absolute Gasteiger partial charge is 0.378 e. The van der Waals surface area contributed by atoms with Crippen LogP contribution in [0.15, 0.2) is 11.3 Å². The summed E-state index contributed by atoms with van der Waals surface area (Å²) >= 11 is 0. The van der Waals surface area contributed by atoms with E-state index >= 15 is 0 Å². The Morgan fingerprint density at radius 2 is 2.06 bits per heavy atom. The van der Waals surface area contributed by atoms with Crippen molar-refractivity contribution in [1.29, 1.82) is 0 Å². The molecule has 1 atom stereocenters. The molecule has 1 aliphatic heterocycles. The molecule has 1 aliphatic rings. The first kappa shape index (κ1) is 14.0. The van der Waals surface area contributed by atoms with Gasteiger partial charge >= 0.3 is 0 Å². The van der Waals surface area contributed by atoms with Gasteiger partial charge in [0.05, 0.1) is 13.2 Å². The second-order valence-corrected chi connectivity index (χ2v) is 4.50. The highest BCUT2D eigenvalue weighted by Gasteiger charge is 2.19. The summed E-state index contributed by atoms with van der Waals surface area (Å²) in [6.45, 7) is 9.35. The first-order valence-corrected chi connectivity index (χ1v) is 6.20. The lowest BCUT2D eigenvalue weighted by atomic mass is 9.98. The van der Waals surface area contributed by atoms with Crippen LogP contribution in [0.1, 0.15) is 27.2 Å². The van der Waals surface area contributed by atoms with Crippen molar-refractivity contribution in [2.24, 2.45) is 5.92 Å². The molecule has 17 heavy (non-hydrogen) atoms. The van der Waals surface area contributed by atoms with E-state index in [4.69, 9.17) is 4.74 Å². The molecular formula is C12H22N2O3. The topological polar surface area (TPSA) is 55.6 Å². The van der Waals surface area contributed by atoms with Gasteiger partial charge in [0.2, 0.25) is 6.54 Å². The van der Waals surface area contributed by atoms with E-state index < -0.39 is 0 Å². The summed E-state index contributed by atoms with van der Waals surface area (Å²) in [4.78, 5) is 12.6. The van der Waals surface area contributed by atoms with Crippen molar-refractivity contribution in [2.45, 2.75) is 27.2 Å². The molecule has 1 unspecified atom stereocenters. The molecule has 0 aromatic heterocycles. The van der Waals surface area contributed by atoms with E-state index in [1.54, 1.807) is 0 Å². The summed E-state index contributed by atoms with van der Waals surface area (Å²) in [6, 6.07) is 0. The van der Waals surface area contributed by atoms with E-state index in [2.05, 4.69) is 11.8 Å². The van der Waals surface area contributed by atoms with E-state index in [-0.39, 0.29) is 17.4 Å². The van der Waals surface area contributed by atoms with Crippen molar-refractivity contribution in [1.82, 2.24) is 4.90 Å². The third-order valence-electron chi connectivity index (χ3n) is 3.35. The van der Waals surface area contributed by atoms with Crippen molar-refractivity contribution >= 4 is 0 Å². The van der Waals surface area contributed by atoms with Gasteiger partial charge < -0.3 is 9.64 Å². The minimum Gasteiger partial charge on any atom is -0.378 e. The maximum atomic E-state index is 10.6. The van der Waals surface area contributed by atoms with Crippen LogP contribution >= 0.6 is 0 Å². The summed E-state index contributed by atoms with van der Waals surface area (Å²) in [7, 11) is 0. The number of hydrogen-bond acceptors (Lipinski definition) is 4. The van der Waals surface area contributed by atoms with E-state index in [1.165, 1.54) is 5.70 Å². The average molecular weight is 242 g/mol. The monoisotopic (exact) mass is 242 g/mol. The van der Waals surface area contributed by atoms with Crippen LogP contribution in [0.2, 0.25) is 0 Å². The molecule has 98 valence electrons. The van der Waals surface area contributed by atoms with Crippen LogP contribution in [0.25, 0.3) is 0 Å². The quantitative estimate of drug-likeness (QED) is 0.546. The molecule has 1 saturated heterocycles. The molecule has 1 rings (SSSR count). The molecule has 0 saturated carbocycles. The van der Waals surface area contributed by atoms with E-state index in [0.29, 0.717) is 0 Å². The minimum atomic E-state index is -0.235. The number of rotatable bonds is 5. The van der Waals surface area contributed by atoms with Crippen LogP contribution in [0.4, 0.5) is 0 Å². The van der Waals surface area contributed by atoms with Gasteiger partial charge in [0, 0.05) is 29.6 Å². The van der Waals surface area contributed by atoms with Crippen LogP contribution in [-0.2, 0) is 4.74 Å². The van der Waals surface area contributed by atoms with Crippen molar-refractivity contribution in [3.8, 4) is 0 Å². The van der Waals surface area contributed by atoms with Crippen molar-refractivity contribution in [3.05, 3.63) is 21.4 Å². The molecule has 0 aromatic rings. The second kappa shape index (κ2) is 6.59. The fraction of sp³-hybridized carbons (Fsp3) is 0.833. The molecule has 1 fully saturated rings. The Balaban J connectivity index is 2.76. The molecule has 0 radical (unpaired) electrons. The second-order valence-electron chi connectivity index (χ2n) is 4.50. The van der Waals surface area contributed by atoms with Gasteiger partial charge in [-0.15, -0.1) is 0 Å². The summed E-state index contributed by atoms with van der Waals surface area (Å²) in [5, 5.41) is 10.6. The van der Waals surface area contributed by atoms with Crippen LogP contribution in [-0.4, -0.2) is 42.7 Å². The van der Waals surface area contributed by atoms with Gasteiger partial charge in [-0.1, -0.05) is 13.8 Å². The first-order valence-electron chi connectivity index (χ1n) is 6.20. The van der Waals surface area contributed by atoms with Crippen LogP contribution in [0.5, 0.6) is 0 Å². The molecular weight excluding hydrogens is 220 g/mol. The molecule has 1 heterocycles. The number of nitrogens with zero attached hydrogens (tertiary/aromatic N) is 2. The van der Waals surface area contributed by atoms with Crippen molar-refractivity contribution < 1.29 is 9.66 Å². The summed E-state index contributed by atoms with van der Waals surface area (Å²) < 4.78 is 5.33. The van der Waals surface area contributed by atoms with Gasteiger partial charge in [0.25, 0.3) is 0 Å². The number of morpholine rings is 1. The maximum Gasteiger partial charge on any atom is 0.210 e. The molecule has 5 heteroatoms. The third-order valence-corrected chi connectivity index (χ3v) is 3.35. The number of hydrogen-bond donors (Lipinski definition) is 0. The number of allylic oxidation sites excluding steroid dienone is 1. The fourth-order valence-electron chi connectivity index (χ4n) is 2.23. The van der Waals surface area contributed by atoms with Crippen LogP contribution < -0.4 is 0 Å². The van der Waals surface area contributed by atoms with Gasteiger partial charge in [-0.3, -0.25) is 10.1 Å². The summed E-state index contributed by atoms with van der Waals surface area (Å²) in [5.41, 5.74) is 2.40. The lowest BCUT2D eigenvalue weighted by Gasteiger charge is -2.33. The molecule has 0 aromatic carbocycles. The zero-order valence-corrected chi connectivity index (χ0v) is 10.9. The van der Waals surface area contributed by atoms with E-state index in [9.17, 15) is 10.1 Å². The highest BCUT2D eigenvalue weighted by Crippen LogP contribution is 2.21. The van der Waals surface area contributed by atoms with Gasteiger partial charge in [-0.25, -0.2) is 0 Å². The van der Waals surface area contributed by atoms with Crippen molar-refractivity contribution in [2.75, 3.05) is 32.8 Å². The Kier molecular flexibility index (Phi) is 5.41. The Bertz CT molecular complexity index is 296. The predicted octanol–water partition coefficient (Wildman–Crippen LogP) is 1.92. The Hall–Kier alpha value is -1.10. The number of ether oxygens (including phenoxy) is 1. The Morgan fingerprint density at radius 1 is 1.47 bits per heavy atom. The molecule has 0 spiro atoms. The third kappa shape index (κ3) is 4.00. The highest BCUT2D eigenvalue weighted by molar-refractivity contribution is 5.14. The van der Waals surface area contributed by atoms with Gasteiger partial charge in [-0.05, 0) is 18.9 Å².